The number of nitrogens with two attached hydrogens (primary N) is 1. The molecular weight excluding hydrogens is 156 g/mol. The summed E-state index contributed by atoms with van der Waals surface area (Å²) >= 11 is 0. The molecule has 4 nitrogen and oxygen atoms in total. The molecule has 3 N–H and O–H groups in total. The average molecular weight is 168 g/mol. The number of nitrogens with zero attached hydrogens (tertiary/aromatic N) is 1. The Labute approximate surface area is 70.3 Å². The fourth-order valence-electron chi connectivity index (χ4n) is 1.66. The van der Waals surface area contributed by atoms with Crippen molar-refractivity contribution in [3.8, 4) is 0 Å². The van der Waals surface area contributed by atoms with Crippen LogP contribution in [0.1, 0.15) is 29.5 Å². The van der Waals surface area contributed by atoms with Crippen molar-refractivity contribution in [1.29, 1.82) is 0 Å². The van der Waals surface area contributed by atoms with Gasteiger partial charge in [0, 0.05) is 12.0 Å². The number of aryl methyl sites for hydroxylation is 1. The molecule has 0 fully saturated rings. The van der Waals surface area contributed by atoms with Gasteiger partial charge in [-0.3, -0.25) is 0 Å². The summed E-state index contributed by atoms with van der Waals surface area (Å²) < 4.78 is 5.06. The quantitative estimate of drug-likeness (QED) is 0.659. The second-order valence-electron chi connectivity index (χ2n) is 3.06. The summed E-state index contributed by atoms with van der Waals surface area (Å²) in [5.41, 5.74) is 7.19. The van der Waals surface area contributed by atoms with Crippen LogP contribution < -0.4 is 5.73 Å². The molecule has 1 aromatic heterocycles. The number of fused-ring (bicyclic) bond motifs is 1. The first kappa shape index (κ1) is 7.76. The minimum Gasteiger partial charge on any atom is -0.388 e. The van der Waals surface area contributed by atoms with Crippen LogP contribution in [0.5, 0.6) is 0 Å². The number of rotatable bonds is 2. The fraction of sp³-hybridized carbons (Fsp3) is 0.625. The molecule has 2 rings (SSSR count). The molecule has 1 aromatic rings. The first-order chi connectivity index (χ1) is 5.83. The Hall–Kier alpha value is -0.870. The van der Waals surface area contributed by atoms with Crippen LogP contribution in [-0.2, 0) is 12.8 Å². The predicted octanol–water partition coefficient (Wildman–Crippen LogP) is 0.155. The minimum atomic E-state index is -0.382. The highest BCUT2D eigenvalue weighted by Gasteiger charge is 2.28. The van der Waals surface area contributed by atoms with Gasteiger partial charge in [0.25, 0.3) is 0 Å². The maximum atomic E-state index is 9.54. The molecule has 1 unspecified atom stereocenters. The number of hydrogen-bond donors (Lipinski definition) is 2. The van der Waals surface area contributed by atoms with Crippen molar-refractivity contribution in [2.75, 3.05) is 6.54 Å². The molecule has 0 aliphatic heterocycles. The van der Waals surface area contributed by atoms with Gasteiger partial charge in [0.05, 0.1) is 11.8 Å². The Morgan fingerprint density at radius 1 is 1.67 bits per heavy atom. The summed E-state index contributed by atoms with van der Waals surface area (Å²) in [5, 5.41) is 13.4. The highest BCUT2D eigenvalue weighted by atomic mass is 16.5. The Kier molecular flexibility index (Phi) is 1.86. The zero-order chi connectivity index (χ0) is 8.55. The van der Waals surface area contributed by atoms with E-state index in [2.05, 4.69) is 5.16 Å². The summed E-state index contributed by atoms with van der Waals surface area (Å²) in [6.45, 7) is 0.536. The highest BCUT2D eigenvalue weighted by Crippen LogP contribution is 2.33. The second kappa shape index (κ2) is 2.88. The molecule has 0 bridgehead atoms. The van der Waals surface area contributed by atoms with Gasteiger partial charge in [0.15, 0.2) is 0 Å². The van der Waals surface area contributed by atoms with Crippen molar-refractivity contribution in [2.45, 2.75) is 25.4 Å². The summed E-state index contributed by atoms with van der Waals surface area (Å²) in [5.74, 6) is 0.762. The van der Waals surface area contributed by atoms with Crippen LogP contribution in [0.25, 0.3) is 0 Å². The second-order valence-corrected chi connectivity index (χ2v) is 3.06. The van der Waals surface area contributed by atoms with Crippen molar-refractivity contribution in [2.24, 2.45) is 5.73 Å². The lowest BCUT2D eigenvalue weighted by Crippen LogP contribution is -2.04. The van der Waals surface area contributed by atoms with E-state index in [0.29, 0.717) is 13.0 Å². The van der Waals surface area contributed by atoms with Gasteiger partial charge in [0.1, 0.15) is 5.76 Å². The molecule has 0 amide bonds. The van der Waals surface area contributed by atoms with Crippen LogP contribution in [0.3, 0.4) is 0 Å². The van der Waals surface area contributed by atoms with E-state index in [1.165, 1.54) is 0 Å². The number of aromatic nitrogens is 1. The van der Waals surface area contributed by atoms with Gasteiger partial charge in [-0.1, -0.05) is 5.16 Å². The first-order valence-electron chi connectivity index (χ1n) is 4.18. The van der Waals surface area contributed by atoms with Gasteiger partial charge in [-0.15, -0.1) is 0 Å². The third kappa shape index (κ3) is 1.04. The molecule has 1 heterocycles. The molecule has 12 heavy (non-hydrogen) atoms. The molecule has 0 spiro atoms. The lowest BCUT2D eigenvalue weighted by Gasteiger charge is -2.01. The van der Waals surface area contributed by atoms with E-state index in [1.807, 2.05) is 0 Å². The summed E-state index contributed by atoms with van der Waals surface area (Å²) in [7, 11) is 0. The predicted molar refractivity (Wildman–Crippen MR) is 42.5 cm³/mol. The van der Waals surface area contributed by atoms with E-state index in [-0.39, 0.29) is 6.10 Å². The molecular formula is C8H12N2O2. The van der Waals surface area contributed by atoms with Gasteiger partial charge in [-0.05, 0) is 19.4 Å². The van der Waals surface area contributed by atoms with E-state index in [1.54, 1.807) is 0 Å². The molecule has 0 saturated carbocycles. The fourth-order valence-corrected chi connectivity index (χ4v) is 1.66. The van der Waals surface area contributed by atoms with Crippen LogP contribution in [0.2, 0.25) is 0 Å². The molecule has 0 aromatic carbocycles. The third-order valence-corrected chi connectivity index (χ3v) is 2.24. The monoisotopic (exact) mass is 168 g/mol. The maximum absolute atomic E-state index is 9.54. The van der Waals surface area contributed by atoms with E-state index >= 15 is 0 Å². The Bertz CT molecular complexity index is 283. The lowest BCUT2D eigenvalue weighted by atomic mass is 10.1. The van der Waals surface area contributed by atoms with E-state index < -0.39 is 0 Å². The normalized spacial score (nSPS) is 21.3. The molecule has 1 atom stereocenters. The topological polar surface area (TPSA) is 72.3 Å². The van der Waals surface area contributed by atoms with E-state index in [4.69, 9.17) is 10.3 Å². The van der Waals surface area contributed by atoms with Gasteiger partial charge < -0.3 is 15.4 Å². The molecule has 1 aliphatic carbocycles. The number of hydrogen-bond acceptors (Lipinski definition) is 4. The number of aliphatic hydroxyl groups is 1. The summed E-state index contributed by atoms with van der Waals surface area (Å²) in [6, 6.07) is 0. The zero-order valence-electron chi connectivity index (χ0n) is 6.79. The Balaban J connectivity index is 2.32. The smallest absolute Gasteiger partial charge is 0.144 e. The SMILES string of the molecule is NCCc1onc2c1C(O)CC2. The van der Waals surface area contributed by atoms with Crippen LogP contribution in [0.4, 0.5) is 0 Å². The third-order valence-electron chi connectivity index (χ3n) is 2.24. The van der Waals surface area contributed by atoms with Crippen LogP contribution in [0, 0.1) is 0 Å². The summed E-state index contributed by atoms with van der Waals surface area (Å²) in [4.78, 5) is 0. The molecule has 0 saturated heterocycles. The van der Waals surface area contributed by atoms with Gasteiger partial charge >= 0.3 is 0 Å². The van der Waals surface area contributed by atoms with Crippen LogP contribution >= 0.6 is 0 Å². The standard InChI is InChI=1S/C8H12N2O2/c9-4-3-7-8-5(10-12-7)1-2-6(8)11/h6,11H,1-4,9H2. The average Bonchev–Trinajstić information content (AvgIpc) is 2.58. The van der Waals surface area contributed by atoms with Gasteiger partial charge in [-0.2, -0.15) is 0 Å². The largest absolute Gasteiger partial charge is 0.388 e. The van der Waals surface area contributed by atoms with Gasteiger partial charge in [0.2, 0.25) is 0 Å². The molecule has 4 heteroatoms. The van der Waals surface area contributed by atoms with Crippen molar-refractivity contribution in [3.05, 3.63) is 17.0 Å². The summed E-state index contributed by atoms with van der Waals surface area (Å²) in [6.07, 6.45) is 1.88. The van der Waals surface area contributed by atoms with Gasteiger partial charge in [-0.25, -0.2) is 0 Å². The molecule has 0 radical (unpaired) electrons. The Morgan fingerprint density at radius 3 is 3.25 bits per heavy atom. The Morgan fingerprint density at radius 2 is 2.50 bits per heavy atom. The van der Waals surface area contributed by atoms with Crippen molar-refractivity contribution < 1.29 is 9.63 Å². The van der Waals surface area contributed by atoms with Crippen molar-refractivity contribution in [3.63, 3.8) is 0 Å². The number of aliphatic hydroxyl groups excluding tert-OH is 1. The highest BCUT2D eigenvalue weighted by molar-refractivity contribution is 5.30. The van der Waals surface area contributed by atoms with Crippen molar-refractivity contribution >= 4 is 0 Å². The van der Waals surface area contributed by atoms with Crippen LogP contribution in [0.15, 0.2) is 4.52 Å². The van der Waals surface area contributed by atoms with E-state index in [0.717, 1.165) is 29.9 Å². The maximum Gasteiger partial charge on any atom is 0.144 e. The first-order valence-corrected chi connectivity index (χ1v) is 4.18. The van der Waals surface area contributed by atoms with Crippen LogP contribution in [-0.4, -0.2) is 16.8 Å². The lowest BCUT2D eigenvalue weighted by molar-refractivity contribution is 0.175. The van der Waals surface area contributed by atoms with Crippen molar-refractivity contribution in [1.82, 2.24) is 5.16 Å². The molecule has 1 aliphatic rings. The minimum absolute atomic E-state index is 0.382. The zero-order valence-corrected chi connectivity index (χ0v) is 6.79. The van der Waals surface area contributed by atoms with E-state index in [9.17, 15) is 5.11 Å². The molecule has 66 valence electrons.